The highest BCUT2D eigenvalue weighted by molar-refractivity contribution is 5.95. The minimum absolute atomic E-state index is 0.0258. The fourth-order valence-corrected chi connectivity index (χ4v) is 8.79. The van der Waals surface area contributed by atoms with E-state index in [1.165, 1.54) is 12.3 Å². The summed E-state index contributed by atoms with van der Waals surface area (Å²) in [5.41, 5.74) is 5.32. The van der Waals surface area contributed by atoms with E-state index in [-0.39, 0.29) is 47.5 Å². The van der Waals surface area contributed by atoms with Crippen molar-refractivity contribution in [3.8, 4) is 0 Å². The number of carbonyl (C=O) groups is 2. The molecule has 2 aromatic rings. The lowest BCUT2D eigenvalue weighted by molar-refractivity contribution is -0.156. The van der Waals surface area contributed by atoms with Crippen molar-refractivity contribution in [1.82, 2.24) is 25.2 Å². The number of aliphatic hydroxyl groups excluding tert-OH is 2. The molecule has 8 atom stereocenters. The maximum absolute atomic E-state index is 13.6. The zero-order valence-corrected chi connectivity index (χ0v) is 30.1. The van der Waals surface area contributed by atoms with Gasteiger partial charge < -0.3 is 36.1 Å². The van der Waals surface area contributed by atoms with Gasteiger partial charge in [0.05, 0.1) is 55.7 Å². The molecule has 0 bridgehead atoms. The van der Waals surface area contributed by atoms with Gasteiger partial charge in [-0.2, -0.15) is 0 Å². The van der Waals surface area contributed by atoms with Crippen molar-refractivity contribution in [2.75, 3.05) is 50.5 Å². The van der Waals surface area contributed by atoms with Crippen molar-refractivity contribution in [2.45, 2.75) is 70.7 Å². The number of carbonyl (C=O) groups excluding carboxylic acids is 2. The van der Waals surface area contributed by atoms with Crippen molar-refractivity contribution in [2.24, 2.45) is 22.7 Å². The zero-order valence-electron chi connectivity index (χ0n) is 30.1. The molecule has 14 heteroatoms. The number of aliphatic hydroxyl groups is 2. The number of nitrogens with one attached hydrogen (secondary N) is 3. The number of nitrogen functional groups attached to an aromatic ring is 1. The van der Waals surface area contributed by atoms with Gasteiger partial charge in [0.25, 0.3) is 5.56 Å². The van der Waals surface area contributed by atoms with Crippen LogP contribution in [0.3, 0.4) is 0 Å². The SMILES string of the molecule is C=C1C(NC(C)C(=O)CN2CCOCC2)CC2[C@](C)(CC[C@@H](O)[C@@]2(C)CO)C1CC(Nc1ccccn1)C1=C/C(=C\c2cnc(N)[nH]c2=O)OC1=O. The molecule has 52 heavy (non-hydrogen) atoms. The predicted molar refractivity (Wildman–Crippen MR) is 196 cm³/mol. The van der Waals surface area contributed by atoms with Crippen molar-refractivity contribution in [3.05, 3.63) is 76.1 Å². The Kier molecular flexibility index (Phi) is 11.1. The molecule has 5 unspecified atom stereocenters. The number of H-pyrrole nitrogens is 1. The number of aromatic nitrogens is 3. The molecule has 2 saturated carbocycles. The first-order valence-electron chi connectivity index (χ1n) is 18.1. The number of hydrogen-bond donors (Lipinski definition) is 6. The third kappa shape index (κ3) is 7.62. The van der Waals surface area contributed by atoms with Crippen LogP contribution in [-0.4, -0.2) is 106 Å². The average molecular weight is 718 g/mol. The molecule has 0 aromatic carbocycles. The van der Waals surface area contributed by atoms with Gasteiger partial charge in [0.2, 0.25) is 0 Å². The maximum atomic E-state index is 13.6. The Morgan fingerprint density at radius 2 is 2.02 bits per heavy atom. The molecule has 4 aliphatic rings. The summed E-state index contributed by atoms with van der Waals surface area (Å²) in [4.78, 5) is 52.6. The minimum atomic E-state index is -0.807. The standard InChI is InChI=1S/C38H51N7O7/c1-22-27(17-29(43-33-7-5-6-10-40-33)26-16-25(52-35(26)50)15-24-19-41-36(39)44-34(24)49)37(3)9-8-32(48)38(4,21-46)31(37)18-28(22)42-23(2)30(47)20-45-11-13-51-14-12-45/h5-7,10,15-16,19,23,27-29,31-32,42,46,48H,1,8-9,11-14,17-18,20-21H2,2-4H3,(H,40,43)(H3,39,41,44,49)/b25-15+/t23?,27?,28?,29?,31?,32-,37-,38+/m1/s1. The van der Waals surface area contributed by atoms with Gasteiger partial charge in [-0.3, -0.25) is 19.5 Å². The number of nitrogens with zero attached hydrogens (tertiary/aromatic N) is 3. The van der Waals surface area contributed by atoms with E-state index in [2.05, 4.69) is 44.0 Å². The Hall–Kier alpha value is -4.21. The first kappa shape index (κ1) is 37.5. The Morgan fingerprint density at radius 1 is 1.25 bits per heavy atom. The number of morpholine rings is 1. The van der Waals surface area contributed by atoms with Crippen molar-refractivity contribution >= 4 is 29.6 Å². The average Bonchev–Trinajstić information content (AvgIpc) is 3.50. The third-order valence-corrected chi connectivity index (χ3v) is 12.0. The molecule has 2 aliphatic heterocycles. The van der Waals surface area contributed by atoms with Gasteiger partial charge >= 0.3 is 5.97 Å². The predicted octanol–water partition coefficient (Wildman–Crippen LogP) is 2.04. The van der Waals surface area contributed by atoms with Gasteiger partial charge in [0, 0.05) is 36.9 Å². The van der Waals surface area contributed by atoms with Crippen molar-refractivity contribution in [1.29, 1.82) is 0 Å². The summed E-state index contributed by atoms with van der Waals surface area (Å²) in [6.07, 6.45) is 7.47. The Balaban J connectivity index is 1.34. The highest BCUT2D eigenvalue weighted by Crippen LogP contribution is 2.62. The number of hydrogen-bond acceptors (Lipinski definition) is 13. The quantitative estimate of drug-likeness (QED) is 0.138. The van der Waals surface area contributed by atoms with Crippen LogP contribution in [0.4, 0.5) is 11.8 Å². The van der Waals surface area contributed by atoms with Crippen molar-refractivity contribution in [3.63, 3.8) is 0 Å². The molecular formula is C38H51N7O7. The van der Waals surface area contributed by atoms with Crippen LogP contribution in [-0.2, 0) is 19.1 Å². The summed E-state index contributed by atoms with van der Waals surface area (Å²) in [6, 6.07) is 4.08. The molecule has 2 aliphatic carbocycles. The lowest BCUT2D eigenvalue weighted by Crippen LogP contribution is -2.62. The molecule has 0 spiro atoms. The lowest BCUT2D eigenvalue weighted by Gasteiger charge is -2.62. The van der Waals surface area contributed by atoms with E-state index in [4.69, 9.17) is 15.2 Å². The number of anilines is 2. The van der Waals surface area contributed by atoms with Gasteiger partial charge in [-0.25, -0.2) is 14.8 Å². The minimum Gasteiger partial charge on any atom is -0.423 e. The number of nitrogens with two attached hydrogens (primary N) is 1. The maximum Gasteiger partial charge on any atom is 0.341 e. The van der Waals surface area contributed by atoms with Crippen LogP contribution in [0, 0.1) is 22.7 Å². The van der Waals surface area contributed by atoms with E-state index in [1.54, 1.807) is 18.3 Å². The second kappa shape index (κ2) is 15.4. The van der Waals surface area contributed by atoms with Crippen LogP contribution in [0.15, 0.2) is 64.9 Å². The number of Topliss-reactive ketones (excluding diaryl/α,β-unsaturated/α-hetero) is 1. The Bertz CT molecular complexity index is 1770. The number of cyclic esters (lactones) is 1. The molecule has 3 fully saturated rings. The van der Waals surface area contributed by atoms with Crippen LogP contribution >= 0.6 is 0 Å². The smallest absolute Gasteiger partial charge is 0.341 e. The summed E-state index contributed by atoms with van der Waals surface area (Å²) in [5, 5.41) is 29.2. The highest BCUT2D eigenvalue weighted by atomic mass is 16.5. The fraction of sp³-hybridized carbons (Fsp3) is 0.553. The summed E-state index contributed by atoms with van der Waals surface area (Å²) in [7, 11) is 0. The molecule has 6 rings (SSSR count). The van der Waals surface area contributed by atoms with Crippen LogP contribution in [0.1, 0.15) is 52.0 Å². The lowest BCUT2D eigenvalue weighted by atomic mass is 9.45. The van der Waals surface area contributed by atoms with Crippen LogP contribution in [0.25, 0.3) is 6.08 Å². The number of esters is 1. The third-order valence-electron chi connectivity index (χ3n) is 12.0. The molecule has 0 amide bonds. The number of ketones is 1. The zero-order chi connectivity index (χ0) is 37.2. The van der Waals surface area contributed by atoms with E-state index in [9.17, 15) is 24.6 Å². The summed E-state index contributed by atoms with van der Waals surface area (Å²) < 4.78 is 11.1. The highest BCUT2D eigenvalue weighted by Gasteiger charge is 2.60. The number of rotatable bonds is 12. The molecule has 7 N–H and O–H groups in total. The van der Waals surface area contributed by atoms with Crippen LogP contribution in [0.2, 0.25) is 0 Å². The number of pyridine rings is 1. The fourth-order valence-electron chi connectivity index (χ4n) is 8.79. The second-order valence-electron chi connectivity index (χ2n) is 15.2. The Morgan fingerprint density at radius 3 is 2.71 bits per heavy atom. The van der Waals surface area contributed by atoms with E-state index in [1.807, 2.05) is 26.0 Å². The molecule has 4 heterocycles. The van der Waals surface area contributed by atoms with E-state index < -0.39 is 40.5 Å². The Labute approximate surface area is 303 Å². The summed E-state index contributed by atoms with van der Waals surface area (Å²) >= 11 is 0. The molecule has 14 nitrogen and oxygen atoms in total. The van der Waals surface area contributed by atoms with Gasteiger partial charge in [0.15, 0.2) is 11.7 Å². The summed E-state index contributed by atoms with van der Waals surface area (Å²) in [6.45, 7) is 13.4. The van der Waals surface area contributed by atoms with Crippen molar-refractivity contribution < 1.29 is 29.3 Å². The topological polar surface area (TPSA) is 205 Å². The second-order valence-corrected chi connectivity index (χ2v) is 15.2. The van der Waals surface area contributed by atoms with Crippen LogP contribution < -0.4 is 21.9 Å². The van der Waals surface area contributed by atoms with E-state index in [0.717, 1.165) is 5.57 Å². The molecule has 2 aromatic heterocycles. The number of ether oxygens (including phenoxy) is 2. The molecule has 0 radical (unpaired) electrons. The van der Waals surface area contributed by atoms with Gasteiger partial charge in [-0.1, -0.05) is 32.1 Å². The van der Waals surface area contributed by atoms with Gasteiger partial charge in [-0.15, -0.1) is 0 Å². The summed E-state index contributed by atoms with van der Waals surface area (Å²) in [5.74, 6) is -0.175. The first-order valence-corrected chi connectivity index (χ1v) is 18.1. The van der Waals surface area contributed by atoms with Gasteiger partial charge in [0.1, 0.15) is 11.6 Å². The van der Waals surface area contributed by atoms with Gasteiger partial charge in [-0.05, 0) is 74.1 Å². The number of aromatic amines is 1. The van der Waals surface area contributed by atoms with Crippen LogP contribution in [0.5, 0.6) is 0 Å². The van der Waals surface area contributed by atoms with E-state index >= 15 is 0 Å². The molecular weight excluding hydrogens is 666 g/mol. The number of allylic oxidation sites excluding steroid dienone is 1. The largest absolute Gasteiger partial charge is 0.423 e. The normalized spacial score (nSPS) is 31.4. The molecule has 1 saturated heterocycles. The monoisotopic (exact) mass is 717 g/mol. The van der Waals surface area contributed by atoms with E-state index in [0.29, 0.717) is 69.9 Å². The first-order chi connectivity index (χ1) is 24.8. The number of fused-ring (bicyclic) bond motifs is 1. The molecule has 280 valence electrons.